The van der Waals surface area contributed by atoms with Crippen molar-refractivity contribution >= 4 is 38.4 Å². The summed E-state index contributed by atoms with van der Waals surface area (Å²) < 4.78 is 5.20. The third-order valence-corrected chi connectivity index (χ3v) is 2.84. The van der Waals surface area contributed by atoms with Crippen LogP contribution in [0.1, 0.15) is 6.92 Å². The number of nitrogen functional groups attached to an aromatic ring is 1. The lowest BCUT2D eigenvalue weighted by Gasteiger charge is -2.10. The Bertz CT molecular complexity index is 566. The summed E-state index contributed by atoms with van der Waals surface area (Å²) >= 11 is 3.16. The summed E-state index contributed by atoms with van der Waals surface area (Å²) in [4.78, 5) is 11.1. The van der Waals surface area contributed by atoms with Gasteiger partial charge in [0.15, 0.2) is 5.75 Å². The summed E-state index contributed by atoms with van der Waals surface area (Å²) in [7, 11) is 0. The molecular formula is C13H12BrNO2. The van der Waals surface area contributed by atoms with Crippen LogP contribution in [0.15, 0.2) is 36.4 Å². The average molecular weight is 294 g/mol. The van der Waals surface area contributed by atoms with E-state index in [4.69, 9.17) is 10.5 Å². The van der Waals surface area contributed by atoms with E-state index in [-0.39, 0.29) is 10.8 Å². The summed E-state index contributed by atoms with van der Waals surface area (Å²) in [6.45, 7) is 1.71. The molecule has 0 saturated carbocycles. The number of halogens is 1. The zero-order valence-electron chi connectivity index (χ0n) is 9.31. The molecule has 0 aliphatic carbocycles. The molecule has 0 saturated heterocycles. The Hall–Kier alpha value is -1.55. The molecule has 0 aromatic heterocycles. The van der Waals surface area contributed by atoms with Gasteiger partial charge in [-0.05, 0) is 18.4 Å². The van der Waals surface area contributed by atoms with Gasteiger partial charge in [-0.2, -0.15) is 0 Å². The Morgan fingerprint density at radius 2 is 2.00 bits per heavy atom. The van der Waals surface area contributed by atoms with Crippen molar-refractivity contribution in [3.05, 3.63) is 36.4 Å². The molecule has 2 rings (SSSR count). The molecule has 0 aliphatic rings. The van der Waals surface area contributed by atoms with Crippen LogP contribution in [0.25, 0.3) is 10.8 Å². The average Bonchev–Trinajstić information content (AvgIpc) is 2.33. The Morgan fingerprint density at radius 3 is 2.71 bits per heavy atom. The van der Waals surface area contributed by atoms with E-state index in [1.165, 1.54) is 0 Å². The summed E-state index contributed by atoms with van der Waals surface area (Å²) in [6, 6.07) is 11.3. The van der Waals surface area contributed by atoms with Crippen LogP contribution in [0.4, 0.5) is 5.69 Å². The molecule has 0 bridgehead atoms. The number of ether oxygens (including phenoxy) is 1. The first-order valence-electron chi connectivity index (χ1n) is 5.22. The maximum absolute atomic E-state index is 11.5. The topological polar surface area (TPSA) is 52.3 Å². The molecular weight excluding hydrogens is 282 g/mol. The minimum atomic E-state index is -0.355. The van der Waals surface area contributed by atoms with Crippen molar-refractivity contribution in [2.24, 2.45) is 0 Å². The number of fused-ring (bicyclic) bond motifs is 1. The normalized spacial score (nSPS) is 12.4. The fourth-order valence-electron chi connectivity index (χ4n) is 1.55. The van der Waals surface area contributed by atoms with Gasteiger partial charge in [-0.15, -0.1) is 0 Å². The number of rotatable bonds is 2. The molecule has 1 atom stereocenters. The third-order valence-electron chi connectivity index (χ3n) is 2.47. The number of carbonyl (C=O) groups is 1. The number of esters is 1. The van der Waals surface area contributed by atoms with Crippen molar-refractivity contribution in [2.75, 3.05) is 5.73 Å². The lowest BCUT2D eigenvalue weighted by molar-refractivity contribution is -0.133. The number of hydrogen-bond donors (Lipinski definition) is 1. The van der Waals surface area contributed by atoms with Crippen LogP contribution in [0.5, 0.6) is 5.75 Å². The summed E-state index contributed by atoms with van der Waals surface area (Å²) in [5.74, 6) is 0.0481. The maximum atomic E-state index is 11.5. The Labute approximate surface area is 108 Å². The standard InChI is InChI=1S/C13H12BrNO2/c1-8(14)13(16)17-11-7-6-9-4-2-3-5-10(9)12(11)15/h2-8H,15H2,1H3. The number of benzene rings is 2. The first kappa shape index (κ1) is 11.9. The number of nitrogens with two attached hydrogens (primary N) is 1. The molecule has 17 heavy (non-hydrogen) atoms. The van der Waals surface area contributed by atoms with Gasteiger partial charge >= 0.3 is 5.97 Å². The predicted octanol–water partition coefficient (Wildman–Crippen LogP) is 3.11. The lowest BCUT2D eigenvalue weighted by Crippen LogP contribution is -2.17. The second-order valence-electron chi connectivity index (χ2n) is 3.74. The molecule has 0 fully saturated rings. The van der Waals surface area contributed by atoms with Gasteiger partial charge < -0.3 is 10.5 Å². The zero-order valence-corrected chi connectivity index (χ0v) is 10.9. The van der Waals surface area contributed by atoms with E-state index in [0.29, 0.717) is 11.4 Å². The van der Waals surface area contributed by atoms with Gasteiger partial charge in [0.1, 0.15) is 4.83 Å². The van der Waals surface area contributed by atoms with E-state index in [9.17, 15) is 4.79 Å². The molecule has 1 unspecified atom stereocenters. The minimum Gasteiger partial charge on any atom is -0.423 e. The van der Waals surface area contributed by atoms with Crippen LogP contribution in [-0.4, -0.2) is 10.8 Å². The monoisotopic (exact) mass is 293 g/mol. The van der Waals surface area contributed by atoms with Crippen molar-refractivity contribution < 1.29 is 9.53 Å². The van der Waals surface area contributed by atoms with E-state index >= 15 is 0 Å². The van der Waals surface area contributed by atoms with Crippen LogP contribution in [0.2, 0.25) is 0 Å². The van der Waals surface area contributed by atoms with Gasteiger partial charge in [0.05, 0.1) is 5.69 Å². The number of anilines is 1. The zero-order chi connectivity index (χ0) is 12.4. The molecule has 2 aromatic rings. The molecule has 0 amide bonds. The first-order valence-corrected chi connectivity index (χ1v) is 6.14. The fraction of sp³-hybridized carbons (Fsp3) is 0.154. The van der Waals surface area contributed by atoms with Gasteiger partial charge in [-0.25, -0.2) is 0 Å². The van der Waals surface area contributed by atoms with E-state index < -0.39 is 0 Å². The summed E-state index contributed by atoms with van der Waals surface area (Å²) in [5.41, 5.74) is 6.47. The second-order valence-corrected chi connectivity index (χ2v) is 5.11. The Kier molecular flexibility index (Phi) is 3.33. The van der Waals surface area contributed by atoms with E-state index in [2.05, 4.69) is 15.9 Å². The molecule has 0 radical (unpaired) electrons. The smallest absolute Gasteiger partial charge is 0.324 e. The van der Waals surface area contributed by atoms with Gasteiger partial charge in [0, 0.05) is 5.39 Å². The highest BCUT2D eigenvalue weighted by atomic mass is 79.9. The number of carbonyl (C=O) groups excluding carboxylic acids is 1. The fourth-order valence-corrected chi connectivity index (χ4v) is 1.65. The first-order chi connectivity index (χ1) is 8.09. The molecule has 3 nitrogen and oxygen atoms in total. The second kappa shape index (κ2) is 4.75. The highest BCUT2D eigenvalue weighted by molar-refractivity contribution is 9.10. The van der Waals surface area contributed by atoms with Crippen molar-refractivity contribution in [3.63, 3.8) is 0 Å². The highest BCUT2D eigenvalue weighted by Crippen LogP contribution is 2.30. The molecule has 4 heteroatoms. The minimum absolute atomic E-state index is 0.353. The predicted molar refractivity (Wildman–Crippen MR) is 72.4 cm³/mol. The van der Waals surface area contributed by atoms with Crippen LogP contribution in [0, 0.1) is 0 Å². The number of alkyl halides is 1. The number of hydrogen-bond acceptors (Lipinski definition) is 3. The third kappa shape index (κ3) is 2.42. The van der Waals surface area contributed by atoms with Gasteiger partial charge in [0.25, 0.3) is 0 Å². The largest absolute Gasteiger partial charge is 0.423 e. The summed E-state index contributed by atoms with van der Waals surface area (Å²) in [6.07, 6.45) is 0. The molecule has 0 heterocycles. The highest BCUT2D eigenvalue weighted by Gasteiger charge is 2.14. The molecule has 0 aliphatic heterocycles. The van der Waals surface area contributed by atoms with Crippen molar-refractivity contribution in [1.29, 1.82) is 0 Å². The van der Waals surface area contributed by atoms with Crippen molar-refractivity contribution in [2.45, 2.75) is 11.8 Å². The Balaban J connectivity index is 2.43. The van der Waals surface area contributed by atoms with Crippen LogP contribution in [-0.2, 0) is 4.79 Å². The maximum Gasteiger partial charge on any atom is 0.324 e. The Morgan fingerprint density at radius 1 is 1.29 bits per heavy atom. The van der Waals surface area contributed by atoms with E-state index in [1.807, 2.05) is 30.3 Å². The molecule has 88 valence electrons. The van der Waals surface area contributed by atoms with Gasteiger partial charge in [-0.3, -0.25) is 4.79 Å². The molecule has 2 N–H and O–H groups in total. The molecule has 2 aromatic carbocycles. The SMILES string of the molecule is CC(Br)C(=O)Oc1ccc2ccccc2c1N. The van der Waals surface area contributed by atoms with E-state index in [1.54, 1.807) is 13.0 Å². The molecule has 0 spiro atoms. The lowest BCUT2D eigenvalue weighted by atomic mass is 10.1. The van der Waals surface area contributed by atoms with Crippen molar-refractivity contribution in [1.82, 2.24) is 0 Å². The quantitative estimate of drug-likeness (QED) is 0.401. The van der Waals surface area contributed by atoms with Crippen molar-refractivity contribution in [3.8, 4) is 5.75 Å². The van der Waals surface area contributed by atoms with Gasteiger partial charge in [-0.1, -0.05) is 46.3 Å². The van der Waals surface area contributed by atoms with E-state index in [0.717, 1.165) is 10.8 Å². The van der Waals surface area contributed by atoms with Gasteiger partial charge in [0.2, 0.25) is 0 Å². The summed E-state index contributed by atoms with van der Waals surface area (Å²) in [5, 5.41) is 1.91. The van der Waals surface area contributed by atoms with Crippen LogP contribution < -0.4 is 10.5 Å². The van der Waals surface area contributed by atoms with Crippen LogP contribution in [0.3, 0.4) is 0 Å². The van der Waals surface area contributed by atoms with Crippen LogP contribution >= 0.6 is 15.9 Å².